The van der Waals surface area contributed by atoms with Gasteiger partial charge in [-0.2, -0.15) is 17.9 Å². The van der Waals surface area contributed by atoms with Crippen molar-refractivity contribution in [2.24, 2.45) is 0 Å². The van der Waals surface area contributed by atoms with Crippen LogP contribution in [0.5, 0.6) is 5.75 Å². The van der Waals surface area contributed by atoms with Gasteiger partial charge in [0.1, 0.15) is 5.75 Å². The molecule has 47 heavy (non-hydrogen) atoms. The third-order valence-electron chi connectivity index (χ3n) is 8.63. The minimum absolute atomic E-state index is 0. The van der Waals surface area contributed by atoms with Gasteiger partial charge >= 0.3 is 12.3 Å². The molecular weight excluding hydrogens is 658 g/mol. The minimum Gasteiger partial charge on any atom is -0.496 e. The van der Waals surface area contributed by atoms with E-state index in [2.05, 4.69) is 49.6 Å². The molecule has 0 radical (unpaired) electrons. The summed E-state index contributed by atoms with van der Waals surface area (Å²) in [6, 6.07) is 25.6. The Kier molecular flexibility index (Phi) is 11.7. The molecule has 3 aromatic carbocycles. The number of tetrazole rings is 1. The lowest BCUT2D eigenvalue weighted by molar-refractivity contribution is -0.146. The molecule has 1 aromatic heterocycles. The predicted octanol–water partition coefficient (Wildman–Crippen LogP) is 5.30. The Morgan fingerprint density at radius 1 is 0.915 bits per heavy atom. The Hall–Kier alpha value is -3.91. The highest BCUT2D eigenvalue weighted by Crippen LogP contribution is 2.37. The second kappa shape index (κ2) is 15.3. The molecule has 0 bridgehead atoms. The van der Waals surface area contributed by atoms with Crippen LogP contribution in [0.25, 0.3) is 5.69 Å². The van der Waals surface area contributed by atoms with Crippen LogP contribution in [0.4, 0.5) is 18.0 Å². The Morgan fingerprint density at radius 3 is 2.17 bits per heavy atom. The van der Waals surface area contributed by atoms with Crippen molar-refractivity contribution < 1.29 is 27.4 Å². The van der Waals surface area contributed by atoms with Crippen molar-refractivity contribution in [3.8, 4) is 11.4 Å². The van der Waals surface area contributed by atoms with Gasteiger partial charge in [0.2, 0.25) is 0 Å². The summed E-state index contributed by atoms with van der Waals surface area (Å²) in [6.45, 7) is 3.44. The third-order valence-corrected chi connectivity index (χ3v) is 8.63. The molecule has 0 saturated carbocycles. The van der Waals surface area contributed by atoms with Crippen molar-refractivity contribution in [2.75, 3.05) is 46.9 Å². The van der Waals surface area contributed by atoms with Gasteiger partial charge < -0.3 is 14.4 Å². The van der Waals surface area contributed by atoms with Crippen molar-refractivity contribution in [1.82, 2.24) is 34.9 Å². The second-order valence-corrected chi connectivity index (χ2v) is 11.3. The number of fused-ring (bicyclic) bond motifs is 1. The number of rotatable bonds is 7. The number of alkyl halides is 3. The topological polar surface area (TPSA) is 88.9 Å². The molecule has 0 aliphatic carbocycles. The first-order valence-corrected chi connectivity index (χ1v) is 14.7. The molecule has 4 aromatic rings. The molecule has 0 N–H and O–H groups in total. The monoisotopic (exact) mass is 693 g/mol. The van der Waals surface area contributed by atoms with Crippen molar-refractivity contribution in [2.45, 2.75) is 30.7 Å². The number of halogens is 5. The van der Waals surface area contributed by atoms with Crippen LogP contribution in [0.2, 0.25) is 0 Å². The lowest BCUT2D eigenvalue weighted by Gasteiger charge is -2.53. The van der Waals surface area contributed by atoms with Crippen molar-refractivity contribution >= 4 is 30.9 Å². The van der Waals surface area contributed by atoms with Crippen LogP contribution in [0, 0.1) is 0 Å². The molecule has 10 nitrogen and oxygen atoms in total. The molecule has 2 fully saturated rings. The predicted molar refractivity (Wildman–Crippen MR) is 173 cm³/mol. The van der Waals surface area contributed by atoms with E-state index in [1.165, 1.54) is 31.4 Å². The zero-order chi connectivity index (χ0) is 31.6. The smallest absolute Gasteiger partial charge is 0.453 e. The standard InChI is InChI=1S/C32H34F3N7O3.2ClH/c1-44-28-14-13-25(42-30(32(33,34)35)36-37-38-42)17-24(28)18-39-19-26-20-40(31(43)45-2)15-16-41(26)27(21-39)29(22-9-5-3-6-10-22)23-11-7-4-8-12-23;;/h3-14,17,26-27,29H,15-16,18-21H2,1-2H3;2*1H/t26-,27+;;/m1../s1. The average Bonchev–Trinajstić information content (AvgIpc) is 3.57. The van der Waals surface area contributed by atoms with Crippen LogP contribution in [-0.2, 0) is 17.5 Å². The molecule has 2 atom stereocenters. The van der Waals surface area contributed by atoms with Gasteiger partial charge in [-0.05, 0) is 39.8 Å². The maximum Gasteiger partial charge on any atom is 0.453 e. The van der Waals surface area contributed by atoms with Crippen LogP contribution in [0.15, 0.2) is 78.9 Å². The van der Waals surface area contributed by atoms with Crippen LogP contribution in [-0.4, -0.2) is 100 Å². The molecule has 2 aliphatic rings. The third kappa shape index (κ3) is 7.64. The van der Waals surface area contributed by atoms with Crippen LogP contribution < -0.4 is 4.74 Å². The van der Waals surface area contributed by atoms with E-state index in [1.54, 1.807) is 17.0 Å². The number of nitrogens with zero attached hydrogens (tertiary/aromatic N) is 7. The molecule has 15 heteroatoms. The number of aromatic nitrogens is 4. The quantitative estimate of drug-likeness (QED) is 0.258. The normalized spacial score (nSPS) is 18.6. The van der Waals surface area contributed by atoms with Crippen LogP contribution >= 0.6 is 24.8 Å². The number of carbonyl (C=O) groups excluding carboxylic acids is 1. The zero-order valence-electron chi connectivity index (χ0n) is 25.8. The summed E-state index contributed by atoms with van der Waals surface area (Å²) in [5.41, 5.74) is 3.24. The van der Waals surface area contributed by atoms with Gasteiger partial charge in [-0.15, -0.1) is 29.9 Å². The average molecular weight is 695 g/mol. The van der Waals surface area contributed by atoms with E-state index >= 15 is 0 Å². The fourth-order valence-electron chi connectivity index (χ4n) is 6.69. The first kappa shape index (κ1) is 35.9. The number of hydrogen-bond donors (Lipinski definition) is 0. The summed E-state index contributed by atoms with van der Waals surface area (Å²) < 4.78 is 52.3. The highest BCUT2D eigenvalue weighted by molar-refractivity contribution is 5.85. The molecular formula is C32H36Cl2F3N7O3. The largest absolute Gasteiger partial charge is 0.496 e. The molecule has 252 valence electrons. The number of benzene rings is 3. The Bertz CT molecular complexity index is 1570. The van der Waals surface area contributed by atoms with Crippen LogP contribution in [0.1, 0.15) is 28.4 Å². The zero-order valence-corrected chi connectivity index (χ0v) is 27.4. The molecule has 6 rings (SSSR count). The number of amides is 1. The first-order valence-electron chi connectivity index (χ1n) is 14.7. The van der Waals surface area contributed by atoms with Gasteiger partial charge in [-0.3, -0.25) is 9.80 Å². The van der Waals surface area contributed by atoms with E-state index in [1.807, 2.05) is 36.4 Å². The fraction of sp³-hybridized carbons (Fsp3) is 0.375. The maximum absolute atomic E-state index is 13.6. The van der Waals surface area contributed by atoms with E-state index in [0.717, 1.165) is 0 Å². The van der Waals surface area contributed by atoms with Crippen molar-refractivity contribution in [1.29, 1.82) is 0 Å². The summed E-state index contributed by atoms with van der Waals surface area (Å²) in [7, 11) is 2.92. The van der Waals surface area contributed by atoms with Gasteiger partial charge in [0.15, 0.2) is 0 Å². The van der Waals surface area contributed by atoms with Crippen LogP contribution in [0.3, 0.4) is 0 Å². The Morgan fingerprint density at radius 2 is 1.57 bits per heavy atom. The molecule has 0 unspecified atom stereocenters. The van der Waals surface area contributed by atoms with E-state index in [4.69, 9.17) is 9.47 Å². The summed E-state index contributed by atoms with van der Waals surface area (Å²) in [4.78, 5) is 19.1. The highest BCUT2D eigenvalue weighted by atomic mass is 35.5. The molecule has 2 aliphatic heterocycles. The van der Waals surface area contributed by atoms with Crippen molar-refractivity contribution in [3.63, 3.8) is 0 Å². The molecule has 1 amide bonds. The van der Waals surface area contributed by atoms with E-state index in [-0.39, 0.29) is 54.6 Å². The maximum atomic E-state index is 13.6. The van der Waals surface area contributed by atoms with E-state index in [0.29, 0.717) is 55.3 Å². The number of carbonyl (C=O) groups is 1. The molecule has 3 heterocycles. The minimum atomic E-state index is -4.72. The first-order chi connectivity index (χ1) is 21.8. The number of ether oxygens (including phenoxy) is 2. The number of piperazine rings is 2. The van der Waals surface area contributed by atoms with Gasteiger partial charge in [-0.1, -0.05) is 60.7 Å². The Labute approximate surface area is 283 Å². The van der Waals surface area contributed by atoms with Gasteiger partial charge in [0.05, 0.1) is 19.9 Å². The van der Waals surface area contributed by atoms with Gasteiger partial charge in [0, 0.05) is 62.8 Å². The van der Waals surface area contributed by atoms with E-state index in [9.17, 15) is 18.0 Å². The second-order valence-electron chi connectivity index (χ2n) is 11.3. The summed E-state index contributed by atoms with van der Waals surface area (Å²) in [6.07, 6.45) is -5.08. The SMILES string of the molecule is COC(=O)N1CCN2[C@H](CN(Cc3cc(-n4nnnc4C(F)(F)F)ccc3OC)C[C@H]2C(c2ccccc2)c2ccccc2)C1.Cl.Cl. The fourth-order valence-corrected chi connectivity index (χ4v) is 6.69. The molecule has 2 saturated heterocycles. The Balaban J connectivity index is 0.00000250. The number of methoxy groups -OCH3 is 2. The van der Waals surface area contributed by atoms with Gasteiger partial charge in [0.25, 0.3) is 5.82 Å². The summed E-state index contributed by atoms with van der Waals surface area (Å²) in [5.74, 6) is -0.626. The lowest BCUT2D eigenvalue weighted by atomic mass is 9.81. The van der Waals surface area contributed by atoms with Gasteiger partial charge in [-0.25, -0.2) is 4.79 Å². The van der Waals surface area contributed by atoms with E-state index < -0.39 is 12.0 Å². The summed E-state index contributed by atoms with van der Waals surface area (Å²) in [5, 5.41) is 10.1. The van der Waals surface area contributed by atoms with Crippen molar-refractivity contribution in [3.05, 3.63) is 101 Å². The molecule has 0 spiro atoms. The number of hydrogen-bond acceptors (Lipinski definition) is 8. The highest BCUT2D eigenvalue weighted by Gasteiger charge is 2.43. The summed E-state index contributed by atoms with van der Waals surface area (Å²) >= 11 is 0. The lowest BCUT2D eigenvalue weighted by Crippen LogP contribution is -2.67.